The van der Waals surface area contributed by atoms with Crippen molar-refractivity contribution in [1.29, 1.82) is 0 Å². The molecule has 2 N–H and O–H groups in total. The van der Waals surface area contributed by atoms with Crippen molar-refractivity contribution < 1.29 is 19.1 Å². The van der Waals surface area contributed by atoms with Gasteiger partial charge in [-0.2, -0.15) is 0 Å². The van der Waals surface area contributed by atoms with Crippen molar-refractivity contribution in [2.45, 2.75) is 57.6 Å². The molecule has 1 heterocycles. The van der Waals surface area contributed by atoms with E-state index < -0.39 is 0 Å². The van der Waals surface area contributed by atoms with E-state index >= 15 is 0 Å². The second-order valence-corrected chi connectivity index (χ2v) is 8.17. The van der Waals surface area contributed by atoms with Crippen molar-refractivity contribution in [2.75, 3.05) is 26.4 Å². The lowest BCUT2D eigenvalue weighted by Crippen LogP contribution is -2.51. The van der Waals surface area contributed by atoms with E-state index in [9.17, 15) is 9.59 Å². The van der Waals surface area contributed by atoms with Crippen molar-refractivity contribution in [3.63, 3.8) is 0 Å². The van der Waals surface area contributed by atoms with Crippen molar-refractivity contribution in [1.82, 2.24) is 10.6 Å². The van der Waals surface area contributed by atoms with Crippen LogP contribution in [-0.4, -0.2) is 50.3 Å². The molecule has 0 spiro atoms. The largest absolute Gasteiger partial charge is 0.381 e. The number of ether oxygens (including phenoxy) is 2. The zero-order chi connectivity index (χ0) is 20.5. The summed E-state index contributed by atoms with van der Waals surface area (Å²) in [5.74, 6) is 0.413. The highest BCUT2D eigenvalue weighted by Gasteiger charge is 2.35. The Morgan fingerprint density at radius 3 is 2.59 bits per heavy atom. The summed E-state index contributed by atoms with van der Waals surface area (Å²) >= 11 is 0. The molecule has 1 aliphatic carbocycles. The molecule has 0 aromatic heterocycles. The molecule has 1 aliphatic heterocycles. The Bertz CT molecular complexity index is 646. The summed E-state index contributed by atoms with van der Waals surface area (Å²) in [5, 5.41) is 6.26. The minimum Gasteiger partial charge on any atom is -0.381 e. The Balaban J connectivity index is 1.56. The Morgan fingerprint density at radius 2 is 1.86 bits per heavy atom. The van der Waals surface area contributed by atoms with Crippen LogP contribution in [0.3, 0.4) is 0 Å². The molecule has 1 saturated carbocycles. The van der Waals surface area contributed by atoms with Gasteiger partial charge in [-0.25, -0.2) is 0 Å². The van der Waals surface area contributed by atoms with Crippen LogP contribution in [0.15, 0.2) is 30.3 Å². The van der Waals surface area contributed by atoms with Crippen LogP contribution in [0.5, 0.6) is 0 Å². The minimum atomic E-state index is -0.151. The number of nitrogens with one attached hydrogen (secondary N) is 2. The predicted octanol–water partition coefficient (Wildman–Crippen LogP) is 2.92. The highest BCUT2D eigenvalue weighted by molar-refractivity contribution is 5.94. The third kappa shape index (κ3) is 6.54. The van der Waals surface area contributed by atoms with Gasteiger partial charge in [-0.3, -0.25) is 9.59 Å². The fourth-order valence-corrected chi connectivity index (χ4v) is 4.18. The molecule has 2 fully saturated rings. The molecule has 3 rings (SSSR count). The summed E-state index contributed by atoms with van der Waals surface area (Å²) < 4.78 is 11.4. The SMILES string of the molecule is CCCO[C@@H]1CC[C@H](C(=O)NCC2CCOCC2)C[C@H]1NC(=O)c1ccccc1. The average Bonchev–Trinajstić information content (AvgIpc) is 2.77. The highest BCUT2D eigenvalue weighted by Crippen LogP contribution is 2.28. The summed E-state index contributed by atoms with van der Waals surface area (Å²) in [7, 11) is 0. The molecule has 0 radical (unpaired) electrons. The number of carbonyl (C=O) groups excluding carboxylic acids is 2. The number of benzene rings is 1. The van der Waals surface area contributed by atoms with Crippen molar-refractivity contribution in [2.24, 2.45) is 11.8 Å². The van der Waals surface area contributed by atoms with Gasteiger partial charge in [0.05, 0.1) is 12.1 Å². The van der Waals surface area contributed by atoms with Gasteiger partial charge >= 0.3 is 0 Å². The van der Waals surface area contributed by atoms with E-state index in [1.165, 1.54) is 0 Å². The number of hydrogen-bond donors (Lipinski definition) is 2. The second-order valence-electron chi connectivity index (χ2n) is 8.17. The van der Waals surface area contributed by atoms with Crippen LogP contribution in [0, 0.1) is 11.8 Å². The second kappa shape index (κ2) is 11.3. The number of hydrogen-bond acceptors (Lipinski definition) is 4. The van der Waals surface area contributed by atoms with E-state index in [0.29, 0.717) is 24.5 Å². The highest BCUT2D eigenvalue weighted by atomic mass is 16.5. The molecule has 3 atom stereocenters. The van der Waals surface area contributed by atoms with E-state index in [1.54, 1.807) is 12.1 Å². The summed E-state index contributed by atoms with van der Waals surface area (Å²) in [6.07, 6.45) is 5.11. The normalized spacial score (nSPS) is 25.3. The molecule has 1 aromatic carbocycles. The average molecular weight is 403 g/mol. The molecular weight excluding hydrogens is 368 g/mol. The monoisotopic (exact) mass is 402 g/mol. The smallest absolute Gasteiger partial charge is 0.251 e. The molecule has 2 aliphatic rings. The lowest BCUT2D eigenvalue weighted by atomic mass is 9.82. The first-order valence-electron chi connectivity index (χ1n) is 11.0. The van der Waals surface area contributed by atoms with Crippen LogP contribution in [-0.2, 0) is 14.3 Å². The molecule has 1 saturated heterocycles. The third-order valence-corrected chi connectivity index (χ3v) is 5.95. The van der Waals surface area contributed by atoms with Gasteiger partial charge in [-0.15, -0.1) is 0 Å². The maximum atomic E-state index is 12.8. The van der Waals surface area contributed by atoms with Gasteiger partial charge < -0.3 is 20.1 Å². The van der Waals surface area contributed by atoms with Gasteiger partial charge in [0, 0.05) is 37.8 Å². The van der Waals surface area contributed by atoms with Crippen LogP contribution < -0.4 is 10.6 Å². The molecule has 0 unspecified atom stereocenters. The Hall–Kier alpha value is -1.92. The quantitative estimate of drug-likeness (QED) is 0.701. The van der Waals surface area contributed by atoms with Crippen LogP contribution in [0.25, 0.3) is 0 Å². The fourth-order valence-electron chi connectivity index (χ4n) is 4.18. The zero-order valence-corrected chi connectivity index (χ0v) is 17.4. The van der Waals surface area contributed by atoms with Crippen molar-refractivity contribution in [3.05, 3.63) is 35.9 Å². The molecule has 6 nitrogen and oxygen atoms in total. The van der Waals surface area contributed by atoms with E-state index in [0.717, 1.165) is 51.9 Å². The molecule has 6 heteroatoms. The van der Waals surface area contributed by atoms with Gasteiger partial charge in [0.1, 0.15) is 0 Å². The van der Waals surface area contributed by atoms with Gasteiger partial charge in [-0.1, -0.05) is 25.1 Å². The lowest BCUT2D eigenvalue weighted by Gasteiger charge is -2.36. The fraction of sp³-hybridized carbons (Fsp3) is 0.652. The van der Waals surface area contributed by atoms with E-state index in [1.807, 2.05) is 18.2 Å². The maximum Gasteiger partial charge on any atom is 0.251 e. The van der Waals surface area contributed by atoms with E-state index in [2.05, 4.69) is 17.6 Å². The predicted molar refractivity (Wildman–Crippen MR) is 112 cm³/mol. The molecule has 1 aromatic rings. The third-order valence-electron chi connectivity index (χ3n) is 5.95. The van der Waals surface area contributed by atoms with Gasteiger partial charge in [-0.05, 0) is 56.6 Å². The van der Waals surface area contributed by atoms with Gasteiger partial charge in [0.2, 0.25) is 5.91 Å². The first-order valence-corrected chi connectivity index (χ1v) is 11.0. The zero-order valence-electron chi connectivity index (χ0n) is 17.4. The number of rotatable bonds is 8. The number of amides is 2. The summed E-state index contributed by atoms with van der Waals surface area (Å²) in [5.41, 5.74) is 0.632. The van der Waals surface area contributed by atoms with E-state index in [4.69, 9.17) is 9.47 Å². The van der Waals surface area contributed by atoms with Crippen LogP contribution in [0.2, 0.25) is 0 Å². The summed E-state index contributed by atoms with van der Waals surface area (Å²) in [6.45, 7) is 5.04. The first-order chi connectivity index (χ1) is 14.2. The lowest BCUT2D eigenvalue weighted by molar-refractivity contribution is -0.128. The Labute approximate surface area is 173 Å². The van der Waals surface area contributed by atoms with E-state index in [-0.39, 0.29) is 29.9 Å². The van der Waals surface area contributed by atoms with Crippen LogP contribution >= 0.6 is 0 Å². The first kappa shape index (κ1) is 21.8. The maximum absolute atomic E-state index is 12.8. The van der Waals surface area contributed by atoms with Crippen molar-refractivity contribution >= 4 is 11.8 Å². The summed E-state index contributed by atoms with van der Waals surface area (Å²) in [6, 6.07) is 9.06. The van der Waals surface area contributed by atoms with Crippen molar-refractivity contribution in [3.8, 4) is 0 Å². The van der Waals surface area contributed by atoms with Crippen LogP contribution in [0.1, 0.15) is 55.8 Å². The van der Waals surface area contributed by atoms with Crippen LogP contribution in [0.4, 0.5) is 0 Å². The molecule has 160 valence electrons. The summed E-state index contributed by atoms with van der Waals surface area (Å²) in [4.78, 5) is 25.4. The molecular formula is C23H34N2O4. The van der Waals surface area contributed by atoms with Gasteiger partial charge in [0.25, 0.3) is 5.91 Å². The minimum absolute atomic E-state index is 0.0397. The Morgan fingerprint density at radius 1 is 1.10 bits per heavy atom. The topological polar surface area (TPSA) is 76.7 Å². The van der Waals surface area contributed by atoms with Gasteiger partial charge in [0.15, 0.2) is 0 Å². The molecule has 29 heavy (non-hydrogen) atoms. The molecule has 2 amide bonds. The number of carbonyl (C=O) groups is 2. The standard InChI is InChI=1S/C23H34N2O4/c1-2-12-29-21-9-8-19(22(26)24-16-17-10-13-28-14-11-17)15-20(21)25-23(27)18-6-4-3-5-7-18/h3-7,17,19-21H,2,8-16H2,1H3,(H,24,26)(H,25,27)/t19-,20+,21+/m0/s1. The molecule has 0 bridgehead atoms. The Kier molecular flexibility index (Phi) is 8.50.